The molecule has 1 rings (SSSR count). The number of rotatable bonds is 3. The summed E-state index contributed by atoms with van der Waals surface area (Å²) < 4.78 is 1.86. The predicted molar refractivity (Wildman–Crippen MR) is 55.8 cm³/mol. The molecule has 0 aliphatic heterocycles. The first-order chi connectivity index (χ1) is 6.46. The van der Waals surface area contributed by atoms with Crippen molar-refractivity contribution in [3.05, 3.63) is 18.7 Å². The molecule has 1 heterocycles. The molecule has 2 atom stereocenters. The molecule has 0 aliphatic carbocycles. The zero-order valence-electron chi connectivity index (χ0n) is 9.01. The Labute approximate surface area is 84.8 Å². The SMILES string of the molecule is CC(C)(C)C(N)C(CO)n1ccnc1. The topological polar surface area (TPSA) is 64.1 Å². The van der Waals surface area contributed by atoms with Crippen LogP contribution in [0.2, 0.25) is 0 Å². The third kappa shape index (κ3) is 2.33. The van der Waals surface area contributed by atoms with Gasteiger partial charge < -0.3 is 15.4 Å². The molecule has 1 aromatic rings. The van der Waals surface area contributed by atoms with E-state index >= 15 is 0 Å². The lowest BCUT2D eigenvalue weighted by atomic mass is 9.83. The first-order valence-electron chi connectivity index (χ1n) is 4.80. The second-order valence-electron chi connectivity index (χ2n) is 4.65. The molecular weight excluding hydrogens is 178 g/mol. The fraction of sp³-hybridized carbons (Fsp3) is 0.700. The van der Waals surface area contributed by atoms with Gasteiger partial charge in [0.25, 0.3) is 0 Å². The number of aliphatic hydroxyl groups is 1. The van der Waals surface area contributed by atoms with Gasteiger partial charge in [-0.25, -0.2) is 4.98 Å². The summed E-state index contributed by atoms with van der Waals surface area (Å²) in [6, 6.07) is -0.195. The van der Waals surface area contributed by atoms with Crippen LogP contribution in [0, 0.1) is 5.41 Å². The average molecular weight is 197 g/mol. The van der Waals surface area contributed by atoms with Crippen molar-refractivity contribution in [2.75, 3.05) is 6.61 Å². The van der Waals surface area contributed by atoms with Crippen LogP contribution in [-0.4, -0.2) is 27.3 Å². The molecule has 0 aliphatic rings. The van der Waals surface area contributed by atoms with Gasteiger partial charge >= 0.3 is 0 Å². The van der Waals surface area contributed by atoms with Crippen LogP contribution < -0.4 is 5.73 Å². The highest BCUT2D eigenvalue weighted by atomic mass is 16.3. The average Bonchev–Trinajstić information content (AvgIpc) is 2.57. The quantitative estimate of drug-likeness (QED) is 0.753. The third-order valence-corrected chi connectivity index (χ3v) is 2.51. The molecule has 80 valence electrons. The fourth-order valence-corrected chi connectivity index (χ4v) is 1.44. The summed E-state index contributed by atoms with van der Waals surface area (Å²) in [4.78, 5) is 3.95. The molecule has 0 bridgehead atoms. The molecule has 3 N–H and O–H groups in total. The molecule has 0 fully saturated rings. The molecular formula is C10H19N3O. The second-order valence-corrected chi connectivity index (χ2v) is 4.65. The predicted octanol–water partition coefficient (Wildman–Crippen LogP) is 0.790. The summed E-state index contributed by atoms with van der Waals surface area (Å²) in [7, 11) is 0. The third-order valence-electron chi connectivity index (χ3n) is 2.51. The zero-order valence-corrected chi connectivity index (χ0v) is 9.01. The Hall–Kier alpha value is -0.870. The van der Waals surface area contributed by atoms with Gasteiger partial charge in [-0.1, -0.05) is 20.8 Å². The van der Waals surface area contributed by atoms with Gasteiger partial charge in [0, 0.05) is 18.4 Å². The molecule has 0 spiro atoms. The van der Waals surface area contributed by atoms with Crippen LogP contribution in [0.5, 0.6) is 0 Å². The maximum absolute atomic E-state index is 9.30. The summed E-state index contributed by atoms with van der Waals surface area (Å²) in [5.74, 6) is 0. The van der Waals surface area contributed by atoms with Crippen LogP contribution in [-0.2, 0) is 0 Å². The van der Waals surface area contributed by atoms with E-state index in [2.05, 4.69) is 25.8 Å². The Balaban J connectivity index is 2.83. The highest BCUT2D eigenvalue weighted by Gasteiger charge is 2.29. The van der Waals surface area contributed by atoms with Gasteiger partial charge in [0.1, 0.15) is 0 Å². The van der Waals surface area contributed by atoms with Crippen molar-refractivity contribution in [2.24, 2.45) is 11.1 Å². The van der Waals surface area contributed by atoms with Crippen LogP contribution in [0.25, 0.3) is 0 Å². The molecule has 0 saturated carbocycles. The number of nitrogens with two attached hydrogens (primary N) is 1. The second kappa shape index (κ2) is 4.11. The van der Waals surface area contributed by atoms with Crippen LogP contribution in [0.3, 0.4) is 0 Å². The first-order valence-corrected chi connectivity index (χ1v) is 4.80. The van der Waals surface area contributed by atoms with Crippen molar-refractivity contribution >= 4 is 0 Å². The molecule has 4 nitrogen and oxygen atoms in total. The van der Waals surface area contributed by atoms with Crippen molar-refractivity contribution in [3.8, 4) is 0 Å². The monoisotopic (exact) mass is 197 g/mol. The molecule has 0 saturated heterocycles. The standard InChI is InChI=1S/C10H19N3O/c1-10(2,3)9(11)8(6-14)13-5-4-12-7-13/h4-5,7-9,14H,6,11H2,1-3H3. The fourth-order valence-electron chi connectivity index (χ4n) is 1.44. The largest absolute Gasteiger partial charge is 0.394 e. The van der Waals surface area contributed by atoms with Gasteiger partial charge in [0.05, 0.1) is 19.0 Å². The van der Waals surface area contributed by atoms with E-state index in [4.69, 9.17) is 5.73 Å². The Morgan fingerprint density at radius 3 is 2.50 bits per heavy atom. The Morgan fingerprint density at radius 2 is 2.14 bits per heavy atom. The Bertz CT molecular complexity index is 263. The van der Waals surface area contributed by atoms with E-state index in [1.807, 2.05) is 10.8 Å². The maximum Gasteiger partial charge on any atom is 0.0949 e. The van der Waals surface area contributed by atoms with E-state index in [1.54, 1.807) is 12.5 Å². The number of aliphatic hydroxyl groups excluding tert-OH is 1. The minimum absolute atomic E-state index is 0.0301. The minimum atomic E-state index is -0.0995. The van der Waals surface area contributed by atoms with E-state index in [0.29, 0.717) is 0 Å². The molecule has 14 heavy (non-hydrogen) atoms. The molecule has 4 heteroatoms. The number of hydrogen-bond donors (Lipinski definition) is 2. The van der Waals surface area contributed by atoms with E-state index in [1.165, 1.54) is 0 Å². The Morgan fingerprint density at radius 1 is 1.50 bits per heavy atom. The van der Waals surface area contributed by atoms with Gasteiger partial charge in [0.2, 0.25) is 0 Å². The van der Waals surface area contributed by atoms with Crippen molar-refractivity contribution in [1.29, 1.82) is 0 Å². The van der Waals surface area contributed by atoms with Crippen molar-refractivity contribution in [3.63, 3.8) is 0 Å². The molecule has 0 amide bonds. The van der Waals surface area contributed by atoms with Crippen molar-refractivity contribution in [1.82, 2.24) is 9.55 Å². The Kier molecular flexibility index (Phi) is 3.29. The number of aromatic nitrogens is 2. The highest BCUT2D eigenvalue weighted by molar-refractivity contribution is 4.91. The molecule has 2 unspecified atom stereocenters. The summed E-state index contributed by atoms with van der Waals surface area (Å²) in [5.41, 5.74) is 6.06. The summed E-state index contributed by atoms with van der Waals surface area (Å²) in [5, 5.41) is 9.30. The van der Waals surface area contributed by atoms with Crippen molar-refractivity contribution in [2.45, 2.75) is 32.9 Å². The van der Waals surface area contributed by atoms with Gasteiger partial charge in [-0.15, -0.1) is 0 Å². The minimum Gasteiger partial charge on any atom is -0.394 e. The van der Waals surface area contributed by atoms with Crippen LogP contribution >= 0.6 is 0 Å². The first kappa shape index (κ1) is 11.2. The zero-order chi connectivity index (χ0) is 10.8. The smallest absolute Gasteiger partial charge is 0.0949 e. The summed E-state index contributed by atoms with van der Waals surface area (Å²) >= 11 is 0. The molecule has 0 aromatic carbocycles. The van der Waals surface area contributed by atoms with E-state index in [0.717, 1.165) is 0 Å². The summed E-state index contributed by atoms with van der Waals surface area (Å²) in [6.45, 7) is 6.24. The normalized spacial score (nSPS) is 16.6. The van der Waals surface area contributed by atoms with E-state index < -0.39 is 0 Å². The number of hydrogen-bond acceptors (Lipinski definition) is 3. The van der Waals surface area contributed by atoms with Gasteiger partial charge in [0.15, 0.2) is 0 Å². The van der Waals surface area contributed by atoms with Crippen LogP contribution in [0.4, 0.5) is 0 Å². The van der Waals surface area contributed by atoms with E-state index in [-0.39, 0.29) is 24.1 Å². The van der Waals surface area contributed by atoms with Gasteiger partial charge in [-0.2, -0.15) is 0 Å². The number of imidazole rings is 1. The van der Waals surface area contributed by atoms with Crippen LogP contribution in [0.15, 0.2) is 18.7 Å². The maximum atomic E-state index is 9.30. The van der Waals surface area contributed by atoms with Crippen molar-refractivity contribution < 1.29 is 5.11 Å². The lowest BCUT2D eigenvalue weighted by molar-refractivity contribution is 0.154. The van der Waals surface area contributed by atoms with E-state index in [9.17, 15) is 5.11 Å². The highest BCUT2D eigenvalue weighted by Crippen LogP contribution is 2.25. The van der Waals surface area contributed by atoms with Gasteiger partial charge in [-0.05, 0) is 5.41 Å². The lowest BCUT2D eigenvalue weighted by Crippen LogP contribution is -2.44. The summed E-state index contributed by atoms with van der Waals surface area (Å²) in [6.07, 6.45) is 5.21. The lowest BCUT2D eigenvalue weighted by Gasteiger charge is -2.33. The van der Waals surface area contributed by atoms with Gasteiger partial charge in [-0.3, -0.25) is 0 Å². The van der Waals surface area contributed by atoms with Crippen LogP contribution in [0.1, 0.15) is 26.8 Å². The number of nitrogens with zero attached hydrogens (tertiary/aromatic N) is 2. The molecule has 0 radical (unpaired) electrons. The molecule has 1 aromatic heterocycles.